The van der Waals surface area contributed by atoms with Gasteiger partial charge < -0.3 is 24.8 Å². The molecule has 12 nitrogen and oxygen atoms in total. The number of rotatable bonds is 7. The molecule has 5 aliphatic rings. The number of amides is 1. The van der Waals surface area contributed by atoms with Crippen LogP contribution in [-0.4, -0.2) is 86.3 Å². The van der Waals surface area contributed by atoms with Crippen LogP contribution in [0.5, 0.6) is 0 Å². The SMILES string of the molecule is O=C(NC12CC(C1)C2)O[C@H]1CO[C@@H](c2cc(Nc3nccc4nc(CN5CCOCC5)cn34)n[nH]2)[C@H]1F. The fraction of sp³-hybridized carbons (Fsp3) is 0.583. The largest absolute Gasteiger partial charge is 0.441 e. The first-order valence-electron chi connectivity index (χ1n) is 12.7. The van der Waals surface area contributed by atoms with E-state index in [1.165, 1.54) is 0 Å². The molecule has 0 radical (unpaired) electrons. The van der Waals surface area contributed by atoms with Gasteiger partial charge in [-0.2, -0.15) is 5.10 Å². The van der Waals surface area contributed by atoms with Gasteiger partial charge in [0.05, 0.1) is 31.2 Å². The zero-order valence-electron chi connectivity index (χ0n) is 20.2. The molecular weight excluding hydrogens is 483 g/mol. The molecule has 3 atom stereocenters. The Morgan fingerprint density at radius 2 is 2.14 bits per heavy atom. The van der Waals surface area contributed by atoms with Crippen molar-refractivity contribution in [1.29, 1.82) is 0 Å². The number of ether oxygens (including phenoxy) is 3. The summed E-state index contributed by atoms with van der Waals surface area (Å²) >= 11 is 0. The number of aromatic amines is 1. The molecule has 3 aliphatic carbocycles. The molecule has 1 amide bonds. The van der Waals surface area contributed by atoms with E-state index in [-0.39, 0.29) is 12.1 Å². The van der Waals surface area contributed by atoms with Crippen molar-refractivity contribution in [2.75, 3.05) is 38.2 Å². The lowest BCUT2D eigenvalue weighted by Gasteiger charge is -2.61. The Hall–Kier alpha value is -3.29. The monoisotopic (exact) mass is 512 g/mol. The number of H-pyrrole nitrogens is 1. The van der Waals surface area contributed by atoms with Crippen LogP contribution in [0.4, 0.5) is 21.0 Å². The Kier molecular flexibility index (Phi) is 5.52. The van der Waals surface area contributed by atoms with Crippen molar-refractivity contribution < 1.29 is 23.4 Å². The summed E-state index contributed by atoms with van der Waals surface area (Å²) in [5, 5.41) is 13.2. The summed E-state index contributed by atoms with van der Waals surface area (Å²) in [6.45, 7) is 3.94. The summed E-state index contributed by atoms with van der Waals surface area (Å²) in [5.41, 5.74) is 2.03. The minimum absolute atomic E-state index is 0.0154. The molecule has 5 fully saturated rings. The second-order valence-electron chi connectivity index (χ2n) is 10.5. The van der Waals surface area contributed by atoms with Crippen molar-refractivity contribution in [3.8, 4) is 0 Å². The second-order valence-corrected chi connectivity index (χ2v) is 10.5. The molecule has 5 heterocycles. The summed E-state index contributed by atoms with van der Waals surface area (Å²) in [5.74, 6) is 1.72. The number of hydrogen-bond acceptors (Lipinski definition) is 9. The van der Waals surface area contributed by atoms with Gasteiger partial charge in [0.2, 0.25) is 5.95 Å². The van der Waals surface area contributed by atoms with Crippen LogP contribution in [0.2, 0.25) is 0 Å². The van der Waals surface area contributed by atoms with Crippen LogP contribution in [0, 0.1) is 5.92 Å². The third-order valence-corrected chi connectivity index (χ3v) is 7.81. The lowest BCUT2D eigenvalue weighted by molar-refractivity contribution is -0.0528. The Morgan fingerprint density at radius 1 is 1.30 bits per heavy atom. The fourth-order valence-electron chi connectivity index (χ4n) is 5.74. The number of carbonyl (C=O) groups is 1. The number of carbonyl (C=O) groups excluding carboxylic acids is 1. The van der Waals surface area contributed by atoms with Crippen molar-refractivity contribution in [1.82, 2.24) is 34.8 Å². The first-order chi connectivity index (χ1) is 18.0. The highest BCUT2D eigenvalue weighted by molar-refractivity contribution is 5.69. The molecule has 2 saturated heterocycles. The molecule has 3 saturated carbocycles. The van der Waals surface area contributed by atoms with E-state index < -0.39 is 24.5 Å². The van der Waals surface area contributed by atoms with Gasteiger partial charge in [-0.3, -0.25) is 14.4 Å². The Labute approximate surface area is 211 Å². The van der Waals surface area contributed by atoms with Gasteiger partial charge in [0.25, 0.3) is 0 Å². The third kappa shape index (κ3) is 4.30. The van der Waals surface area contributed by atoms with Crippen molar-refractivity contribution in [2.24, 2.45) is 5.92 Å². The Morgan fingerprint density at radius 3 is 2.92 bits per heavy atom. The molecule has 196 valence electrons. The lowest BCUT2D eigenvalue weighted by Crippen LogP contribution is -2.68. The molecule has 2 bridgehead atoms. The number of aromatic nitrogens is 5. The molecule has 3 aromatic rings. The highest BCUT2D eigenvalue weighted by Crippen LogP contribution is 2.57. The molecule has 2 aliphatic heterocycles. The van der Waals surface area contributed by atoms with Crippen LogP contribution in [0.1, 0.15) is 36.8 Å². The first kappa shape index (κ1) is 22.9. The van der Waals surface area contributed by atoms with Gasteiger partial charge in [0.15, 0.2) is 18.1 Å². The van der Waals surface area contributed by atoms with E-state index in [4.69, 9.17) is 19.2 Å². The number of nitrogens with one attached hydrogen (secondary N) is 3. The third-order valence-electron chi connectivity index (χ3n) is 7.81. The number of alkyl halides is 1. The highest BCUT2D eigenvalue weighted by Gasteiger charge is 2.58. The molecule has 3 aromatic heterocycles. The maximum Gasteiger partial charge on any atom is 0.408 e. The van der Waals surface area contributed by atoms with Crippen molar-refractivity contribution in [2.45, 2.75) is 49.7 Å². The number of hydrogen-bond donors (Lipinski definition) is 3. The average molecular weight is 513 g/mol. The predicted molar refractivity (Wildman–Crippen MR) is 128 cm³/mol. The summed E-state index contributed by atoms with van der Waals surface area (Å²) in [6, 6.07) is 3.52. The highest BCUT2D eigenvalue weighted by atomic mass is 19.1. The molecule has 3 N–H and O–H groups in total. The number of imidazole rings is 1. The minimum atomic E-state index is -1.51. The van der Waals surface area contributed by atoms with Gasteiger partial charge in [-0.05, 0) is 31.2 Å². The van der Waals surface area contributed by atoms with Crippen LogP contribution in [0.25, 0.3) is 5.65 Å². The summed E-state index contributed by atoms with van der Waals surface area (Å²) in [7, 11) is 0. The van der Waals surface area contributed by atoms with E-state index in [0.717, 1.165) is 69.4 Å². The molecule has 8 rings (SSSR count). The standard InChI is InChI=1S/C24H29FN8O4/c25-20-17(37-23(34)29-24-8-14(9-24)10-24)13-36-21(20)16-7-18(31-30-16)28-22-26-2-1-19-27-15(12-33(19)22)11-32-3-5-35-6-4-32/h1-2,7,12,14,17,20-21H,3-6,8-11,13H2,(H,29,34)(H2,26,28,30,31)/t14?,17-,20-,21-,24?/m0/s1. The zero-order valence-corrected chi connectivity index (χ0v) is 20.2. The number of halogens is 1. The molecule has 0 aromatic carbocycles. The second kappa shape index (κ2) is 8.92. The van der Waals surface area contributed by atoms with Gasteiger partial charge >= 0.3 is 6.09 Å². The normalized spacial score (nSPS) is 31.1. The maximum absolute atomic E-state index is 15.1. The van der Waals surface area contributed by atoms with Crippen molar-refractivity contribution in [3.63, 3.8) is 0 Å². The van der Waals surface area contributed by atoms with Crippen LogP contribution in [-0.2, 0) is 20.8 Å². The van der Waals surface area contributed by atoms with E-state index in [9.17, 15) is 4.79 Å². The topological polar surface area (TPSA) is 131 Å². The maximum atomic E-state index is 15.1. The lowest BCUT2D eigenvalue weighted by atomic mass is 9.50. The van der Waals surface area contributed by atoms with Gasteiger partial charge in [0, 0.05) is 43.6 Å². The summed E-state index contributed by atoms with van der Waals surface area (Å²) in [4.78, 5) is 23.7. The van der Waals surface area contributed by atoms with Gasteiger partial charge in [-0.1, -0.05) is 0 Å². The van der Waals surface area contributed by atoms with E-state index in [0.29, 0.717) is 17.5 Å². The van der Waals surface area contributed by atoms with Crippen LogP contribution in [0.15, 0.2) is 24.5 Å². The quantitative estimate of drug-likeness (QED) is 0.435. The molecule has 0 unspecified atom stereocenters. The number of anilines is 2. The smallest absolute Gasteiger partial charge is 0.408 e. The number of fused-ring (bicyclic) bond motifs is 1. The summed E-state index contributed by atoms with van der Waals surface area (Å²) < 4.78 is 33.4. The number of nitrogens with zero attached hydrogens (tertiary/aromatic N) is 5. The molecular formula is C24H29FN8O4. The minimum Gasteiger partial charge on any atom is -0.441 e. The van der Waals surface area contributed by atoms with Crippen molar-refractivity contribution in [3.05, 3.63) is 35.9 Å². The van der Waals surface area contributed by atoms with Gasteiger partial charge in [-0.15, -0.1) is 0 Å². The predicted octanol–water partition coefficient (Wildman–Crippen LogP) is 2.08. The van der Waals surface area contributed by atoms with E-state index in [1.54, 1.807) is 12.3 Å². The average Bonchev–Trinajstić information content (AvgIpc) is 3.56. The molecule has 37 heavy (non-hydrogen) atoms. The number of alkyl carbamates (subject to hydrolysis) is 1. The van der Waals surface area contributed by atoms with Crippen LogP contribution in [0.3, 0.4) is 0 Å². The number of morpholine rings is 1. The molecule has 13 heteroatoms. The van der Waals surface area contributed by atoms with E-state index in [2.05, 4.69) is 30.7 Å². The van der Waals surface area contributed by atoms with Crippen molar-refractivity contribution >= 4 is 23.5 Å². The first-order valence-corrected chi connectivity index (χ1v) is 12.7. The fourth-order valence-corrected chi connectivity index (χ4v) is 5.74. The zero-order chi connectivity index (χ0) is 25.0. The van der Waals surface area contributed by atoms with E-state index in [1.807, 2.05) is 16.7 Å². The van der Waals surface area contributed by atoms with Crippen LogP contribution < -0.4 is 10.6 Å². The Balaban J connectivity index is 0.996. The van der Waals surface area contributed by atoms with Crippen LogP contribution >= 0.6 is 0 Å². The van der Waals surface area contributed by atoms with Gasteiger partial charge in [0.1, 0.15) is 11.8 Å². The molecule has 0 spiro atoms. The summed E-state index contributed by atoms with van der Waals surface area (Å²) in [6.07, 6.45) is 2.64. The van der Waals surface area contributed by atoms with E-state index >= 15 is 4.39 Å². The Bertz CT molecular complexity index is 1290. The van der Waals surface area contributed by atoms with Gasteiger partial charge in [-0.25, -0.2) is 19.2 Å².